The van der Waals surface area contributed by atoms with Crippen molar-refractivity contribution in [3.05, 3.63) is 170 Å². The lowest BCUT2D eigenvalue weighted by Crippen LogP contribution is -1.97. The van der Waals surface area contributed by atoms with Crippen molar-refractivity contribution in [1.82, 2.24) is 18.9 Å². The van der Waals surface area contributed by atoms with Crippen molar-refractivity contribution in [2.75, 3.05) is 0 Å². The molecule has 7 aromatic carbocycles. The van der Waals surface area contributed by atoms with Gasteiger partial charge in [0.1, 0.15) is 0 Å². The summed E-state index contributed by atoms with van der Waals surface area (Å²) < 4.78 is 4.85. The first kappa shape index (κ1) is 27.2. The van der Waals surface area contributed by atoms with E-state index in [1.807, 2.05) is 12.1 Å². The fraction of sp³-hybridized carbons (Fsp3) is 0. The van der Waals surface area contributed by atoms with Crippen LogP contribution in [-0.2, 0) is 0 Å². The summed E-state index contributed by atoms with van der Waals surface area (Å²) in [5.74, 6) is 0.703. The third-order valence-electron chi connectivity index (χ3n) is 10.3. The van der Waals surface area contributed by atoms with Crippen LogP contribution in [0.15, 0.2) is 170 Å². The van der Waals surface area contributed by atoms with Gasteiger partial charge >= 0.3 is 0 Å². The molecular formula is C46H28N4. The topological polar surface area (TPSA) is 35.1 Å². The Morgan fingerprint density at radius 1 is 0.340 bits per heavy atom. The molecule has 4 heterocycles. The summed E-state index contributed by atoms with van der Waals surface area (Å²) in [5.41, 5.74) is 12.1. The second-order valence-corrected chi connectivity index (χ2v) is 13.0. The molecule has 0 fully saturated rings. The maximum Gasteiger partial charge on any atom is 0.160 e. The van der Waals surface area contributed by atoms with E-state index >= 15 is 0 Å². The van der Waals surface area contributed by atoms with E-state index in [4.69, 9.17) is 9.97 Å². The highest BCUT2D eigenvalue weighted by atomic mass is 15.0. The van der Waals surface area contributed by atoms with Gasteiger partial charge in [-0.15, -0.1) is 0 Å². The molecule has 0 aliphatic rings. The molecule has 0 unspecified atom stereocenters. The molecule has 0 amide bonds. The van der Waals surface area contributed by atoms with E-state index in [1.54, 1.807) is 0 Å². The van der Waals surface area contributed by atoms with Gasteiger partial charge in [-0.2, -0.15) is 0 Å². The van der Waals surface area contributed by atoms with E-state index in [1.165, 1.54) is 54.4 Å². The molecule has 0 spiro atoms. The van der Waals surface area contributed by atoms with Gasteiger partial charge in [0.05, 0.1) is 39.0 Å². The van der Waals surface area contributed by atoms with Gasteiger partial charge in [-0.3, -0.25) is 0 Å². The molecule has 0 N–H and O–H groups in total. The summed E-state index contributed by atoms with van der Waals surface area (Å²) in [5, 5.41) is 7.55. The number of hydrogen-bond donors (Lipinski definition) is 0. The average molecular weight is 637 g/mol. The second kappa shape index (κ2) is 10.4. The van der Waals surface area contributed by atoms with Crippen LogP contribution >= 0.6 is 0 Å². The van der Waals surface area contributed by atoms with Crippen LogP contribution in [-0.4, -0.2) is 18.9 Å². The molecule has 0 saturated carbocycles. The number of hydrogen-bond acceptors (Lipinski definition) is 2. The fourth-order valence-corrected chi connectivity index (χ4v) is 8.04. The number of aromatic nitrogens is 4. The van der Waals surface area contributed by atoms with Crippen LogP contribution in [0.25, 0.3) is 99.5 Å². The molecule has 0 radical (unpaired) electrons. The molecule has 0 saturated heterocycles. The monoisotopic (exact) mass is 636 g/mol. The average Bonchev–Trinajstić information content (AvgIpc) is 3.83. The summed E-state index contributed by atoms with van der Waals surface area (Å²) >= 11 is 0. The SMILES string of the molecule is c1ccc(-c2cc(-c3ccccc3)nc(-c3ccc4c5ccccc5n(-c5ccc6c7cccc8c9ccccc9n(c6c5)c87)c4c3)n2)cc1. The molecule has 0 bridgehead atoms. The molecule has 11 aromatic rings. The summed E-state index contributed by atoms with van der Waals surface area (Å²) in [6.45, 7) is 0. The lowest BCUT2D eigenvalue weighted by atomic mass is 10.1. The van der Waals surface area contributed by atoms with Crippen LogP contribution in [0.3, 0.4) is 0 Å². The Balaban J connectivity index is 1.17. The minimum atomic E-state index is 0.703. The first-order valence-corrected chi connectivity index (χ1v) is 17.0. The van der Waals surface area contributed by atoms with Gasteiger partial charge in [-0.05, 0) is 36.4 Å². The molecule has 0 atom stereocenters. The number of nitrogens with zero attached hydrogens (tertiary/aromatic N) is 4. The Morgan fingerprint density at radius 2 is 0.880 bits per heavy atom. The third-order valence-corrected chi connectivity index (χ3v) is 10.3. The van der Waals surface area contributed by atoms with Crippen LogP contribution in [0.4, 0.5) is 0 Å². The van der Waals surface area contributed by atoms with Gasteiger partial charge in [0.25, 0.3) is 0 Å². The van der Waals surface area contributed by atoms with E-state index in [-0.39, 0.29) is 0 Å². The number of fused-ring (bicyclic) bond motifs is 9. The summed E-state index contributed by atoms with van der Waals surface area (Å²) in [7, 11) is 0. The Kier molecular flexibility index (Phi) is 5.63. The van der Waals surface area contributed by atoms with Crippen molar-refractivity contribution in [2.24, 2.45) is 0 Å². The lowest BCUT2D eigenvalue weighted by molar-refractivity contribution is 1.17. The van der Waals surface area contributed by atoms with Gasteiger partial charge in [0, 0.05) is 54.7 Å². The van der Waals surface area contributed by atoms with E-state index in [0.717, 1.165) is 39.3 Å². The lowest BCUT2D eigenvalue weighted by Gasteiger charge is -2.11. The smallest absolute Gasteiger partial charge is 0.160 e. The van der Waals surface area contributed by atoms with Crippen LogP contribution in [0.1, 0.15) is 0 Å². The molecule has 232 valence electrons. The molecule has 4 heteroatoms. The highest BCUT2D eigenvalue weighted by Crippen LogP contribution is 2.41. The zero-order valence-electron chi connectivity index (χ0n) is 27.0. The first-order valence-electron chi connectivity index (χ1n) is 17.0. The fourth-order valence-electron chi connectivity index (χ4n) is 8.04. The molecule has 4 aromatic heterocycles. The Bertz CT molecular complexity index is 3020. The molecule has 0 aliphatic carbocycles. The summed E-state index contributed by atoms with van der Waals surface area (Å²) in [6, 6.07) is 60.5. The largest absolute Gasteiger partial charge is 0.309 e. The van der Waals surface area contributed by atoms with Crippen molar-refractivity contribution in [2.45, 2.75) is 0 Å². The Hall–Kier alpha value is -6.78. The zero-order chi connectivity index (χ0) is 32.8. The van der Waals surface area contributed by atoms with Crippen molar-refractivity contribution in [3.8, 4) is 39.6 Å². The van der Waals surface area contributed by atoms with Crippen LogP contribution in [0.2, 0.25) is 0 Å². The predicted molar refractivity (Wildman–Crippen MR) is 207 cm³/mol. The van der Waals surface area contributed by atoms with Gasteiger partial charge in [0.2, 0.25) is 0 Å². The molecule has 50 heavy (non-hydrogen) atoms. The molecular weight excluding hydrogens is 609 g/mol. The van der Waals surface area contributed by atoms with Crippen molar-refractivity contribution in [1.29, 1.82) is 0 Å². The number of rotatable bonds is 4. The highest BCUT2D eigenvalue weighted by Gasteiger charge is 2.20. The van der Waals surface area contributed by atoms with Gasteiger partial charge in [-0.25, -0.2) is 9.97 Å². The van der Waals surface area contributed by atoms with Gasteiger partial charge in [-0.1, -0.05) is 133 Å². The van der Waals surface area contributed by atoms with Crippen molar-refractivity contribution < 1.29 is 0 Å². The molecule has 4 nitrogen and oxygen atoms in total. The Labute approximate surface area is 287 Å². The maximum atomic E-state index is 5.15. The van der Waals surface area contributed by atoms with Gasteiger partial charge in [0.15, 0.2) is 5.82 Å². The third kappa shape index (κ3) is 3.87. The van der Waals surface area contributed by atoms with Gasteiger partial charge < -0.3 is 8.97 Å². The van der Waals surface area contributed by atoms with E-state index in [0.29, 0.717) is 5.82 Å². The van der Waals surface area contributed by atoms with E-state index in [2.05, 4.69) is 167 Å². The maximum absolute atomic E-state index is 5.15. The quantitative estimate of drug-likeness (QED) is 0.193. The summed E-state index contributed by atoms with van der Waals surface area (Å²) in [4.78, 5) is 10.3. The number of para-hydroxylation sites is 3. The van der Waals surface area contributed by atoms with E-state index < -0.39 is 0 Å². The van der Waals surface area contributed by atoms with Crippen LogP contribution in [0, 0.1) is 0 Å². The van der Waals surface area contributed by atoms with Crippen molar-refractivity contribution >= 4 is 59.9 Å². The standard InChI is InChI=1S/C46H28N4/c1-3-12-29(13-4-1)39-28-40(30-14-5-2-6-15-30)48-46(47-39)31-22-24-35-33-16-7-9-20-41(33)49(43(35)26-31)32-23-25-36-38-19-11-18-37-34-17-8-10-21-42(34)50(45(37)38)44(36)27-32/h1-28H. The second-order valence-electron chi connectivity index (χ2n) is 13.0. The first-order chi connectivity index (χ1) is 24.8. The zero-order valence-corrected chi connectivity index (χ0v) is 27.0. The molecule has 0 aliphatic heterocycles. The number of benzene rings is 7. The summed E-state index contributed by atoms with van der Waals surface area (Å²) in [6.07, 6.45) is 0. The van der Waals surface area contributed by atoms with E-state index in [9.17, 15) is 0 Å². The predicted octanol–water partition coefficient (Wildman–Crippen LogP) is 11.7. The van der Waals surface area contributed by atoms with Crippen LogP contribution < -0.4 is 0 Å². The van der Waals surface area contributed by atoms with Crippen LogP contribution in [0.5, 0.6) is 0 Å². The minimum Gasteiger partial charge on any atom is -0.309 e. The molecule has 11 rings (SSSR count). The van der Waals surface area contributed by atoms with Crippen molar-refractivity contribution in [3.63, 3.8) is 0 Å². The normalized spacial score (nSPS) is 12.0. The minimum absolute atomic E-state index is 0.703. The Morgan fingerprint density at radius 3 is 1.58 bits per heavy atom. The highest BCUT2D eigenvalue weighted by molar-refractivity contribution is 6.23.